The molecule has 1 atom stereocenters. The van der Waals surface area contributed by atoms with Crippen LogP contribution >= 0.6 is 0 Å². The maximum Gasteiger partial charge on any atom is 0.266 e. The summed E-state index contributed by atoms with van der Waals surface area (Å²) in [6, 6.07) is 14.6. The molecule has 0 amide bonds. The van der Waals surface area contributed by atoms with Crippen LogP contribution in [0.5, 0.6) is 17.4 Å². The summed E-state index contributed by atoms with van der Waals surface area (Å²) in [6.07, 6.45) is 2.60. The van der Waals surface area contributed by atoms with Gasteiger partial charge in [-0.2, -0.15) is 5.26 Å². The smallest absolute Gasteiger partial charge is 0.266 e. The molecule has 1 aromatic carbocycles. The lowest BCUT2D eigenvalue weighted by Gasteiger charge is -2.10. The summed E-state index contributed by atoms with van der Waals surface area (Å²) in [6.45, 7) is 4.12. The van der Waals surface area contributed by atoms with Crippen LogP contribution in [0.15, 0.2) is 53.5 Å². The number of nitriles is 1. The molecular formula is C24H23N3O5. The molecule has 1 N–H and O–H groups in total. The molecule has 1 saturated heterocycles. The number of aryl methyl sites for hydroxylation is 1. The minimum atomic E-state index is -0.392. The van der Waals surface area contributed by atoms with E-state index in [9.17, 15) is 4.79 Å². The van der Waals surface area contributed by atoms with Gasteiger partial charge in [-0.15, -0.1) is 0 Å². The van der Waals surface area contributed by atoms with Crippen LogP contribution in [0.2, 0.25) is 0 Å². The van der Waals surface area contributed by atoms with E-state index >= 15 is 0 Å². The highest BCUT2D eigenvalue weighted by atomic mass is 16.6. The third-order valence-electron chi connectivity index (χ3n) is 4.88. The molecule has 0 aliphatic carbocycles. The highest BCUT2D eigenvalue weighted by Crippen LogP contribution is 2.23. The molecule has 0 saturated carbocycles. The Kier molecular flexibility index (Phi) is 6.68. The SMILES string of the molecule is Cc1[nH]c(=O)c(C#N)cc1-c1ccc(OCCCOc2ccc(OCC3CO3)cc2)nc1. The number of ether oxygens (including phenoxy) is 4. The molecule has 8 heteroatoms. The molecule has 8 nitrogen and oxygen atoms in total. The van der Waals surface area contributed by atoms with Gasteiger partial charge in [-0.25, -0.2) is 4.98 Å². The predicted molar refractivity (Wildman–Crippen MR) is 117 cm³/mol. The lowest BCUT2D eigenvalue weighted by molar-refractivity contribution is 0.241. The molecule has 3 aromatic rings. The molecule has 3 heterocycles. The Morgan fingerprint density at radius 1 is 1.12 bits per heavy atom. The highest BCUT2D eigenvalue weighted by molar-refractivity contribution is 5.66. The summed E-state index contributed by atoms with van der Waals surface area (Å²) in [5.74, 6) is 2.07. The molecule has 4 rings (SSSR count). The summed E-state index contributed by atoms with van der Waals surface area (Å²) in [5.41, 5.74) is 1.91. The van der Waals surface area contributed by atoms with E-state index < -0.39 is 5.56 Å². The van der Waals surface area contributed by atoms with Crippen molar-refractivity contribution in [1.82, 2.24) is 9.97 Å². The summed E-state index contributed by atoms with van der Waals surface area (Å²) in [4.78, 5) is 18.7. The van der Waals surface area contributed by atoms with Gasteiger partial charge in [0.05, 0.1) is 19.8 Å². The Balaban J connectivity index is 1.21. The minimum absolute atomic E-state index is 0.0703. The first-order valence-electron chi connectivity index (χ1n) is 10.3. The van der Waals surface area contributed by atoms with E-state index in [1.165, 1.54) is 0 Å². The minimum Gasteiger partial charge on any atom is -0.493 e. The van der Waals surface area contributed by atoms with Crippen molar-refractivity contribution in [2.24, 2.45) is 0 Å². The van der Waals surface area contributed by atoms with Gasteiger partial charge in [0.25, 0.3) is 5.56 Å². The van der Waals surface area contributed by atoms with Crippen molar-refractivity contribution in [3.05, 3.63) is 70.3 Å². The first-order chi connectivity index (χ1) is 15.6. The summed E-state index contributed by atoms with van der Waals surface area (Å²) >= 11 is 0. The fourth-order valence-corrected chi connectivity index (χ4v) is 3.04. The van der Waals surface area contributed by atoms with Gasteiger partial charge in [0.15, 0.2) is 0 Å². The number of benzene rings is 1. The topological polar surface area (TPSA) is 110 Å². The largest absolute Gasteiger partial charge is 0.493 e. The third-order valence-corrected chi connectivity index (χ3v) is 4.88. The second-order valence-corrected chi connectivity index (χ2v) is 7.34. The van der Waals surface area contributed by atoms with Crippen LogP contribution in [0.4, 0.5) is 0 Å². The average molecular weight is 433 g/mol. The summed E-state index contributed by atoms with van der Waals surface area (Å²) in [5, 5.41) is 9.07. The van der Waals surface area contributed by atoms with Crippen LogP contribution in [0.1, 0.15) is 17.7 Å². The van der Waals surface area contributed by atoms with E-state index in [2.05, 4.69) is 9.97 Å². The lowest BCUT2D eigenvalue weighted by Crippen LogP contribution is -2.12. The molecule has 1 aliphatic rings. The molecule has 1 aliphatic heterocycles. The van der Waals surface area contributed by atoms with Crippen molar-refractivity contribution >= 4 is 0 Å². The van der Waals surface area contributed by atoms with Crippen LogP contribution in [0.3, 0.4) is 0 Å². The van der Waals surface area contributed by atoms with E-state index in [4.69, 9.17) is 24.2 Å². The van der Waals surface area contributed by atoms with Crippen molar-refractivity contribution in [2.45, 2.75) is 19.4 Å². The monoisotopic (exact) mass is 433 g/mol. The number of aromatic amines is 1. The second kappa shape index (κ2) is 9.98. The van der Waals surface area contributed by atoms with Gasteiger partial charge in [0, 0.05) is 35.5 Å². The van der Waals surface area contributed by atoms with Crippen LogP contribution < -0.4 is 19.8 Å². The van der Waals surface area contributed by atoms with Gasteiger partial charge in [-0.1, -0.05) is 0 Å². The van der Waals surface area contributed by atoms with E-state index in [1.807, 2.05) is 36.4 Å². The maximum atomic E-state index is 11.7. The van der Waals surface area contributed by atoms with Crippen molar-refractivity contribution < 1.29 is 18.9 Å². The molecule has 32 heavy (non-hydrogen) atoms. The molecule has 2 aromatic heterocycles. The molecule has 0 radical (unpaired) electrons. The molecule has 164 valence electrons. The predicted octanol–water partition coefficient (Wildman–Crippen LogP) is 3.24. The average Bonchev–Trinajstić information content (AvgIpc) is 3.64. The van der Waals surface area contributed by atoms with Gasteiger partial charge >= 0.3 is 0 Å². The number of rotatable bonds is 10. The quantitative estimate of drug-likeness (QED) is 0.386. The molecule has 1 fully saturated rings. The third kappa shape index (κ3) is 5.65. The number of pyridine rings is 2. The number of H-pyrrole nitrogens is 1. The van der Waals surface area contributed by atoms with Crippen LogP contribution in [-0.4, -0.2) is 42.5 Å². The number of aromatic nitrogens is 2. The Labute approximate surface area is 185 Å². The number of hydrogen-bond donors (Lipinski definition) is 1. The standard InChI is InChI=1S/C24H23N3O5/c1-16-22(11-18(12-25)24(28)27-16)17-3-8-23(26-13-17)30-10-2-9-29-19-4-6-20(7-5-19)31-14-21-15-32-21/h3-8,11,13,21H,2,9-10,14-15H2,1H3,(H,27,28). The van der Waals surface area contributed by atoms with Crippen molar-refractivity contribution in [3.8, 4) is 34.6 Å². The van der Waals surface area contributed by atoms with Gasteiger partial charge in [0.2, 0.25) is 5.88 Å². The van der Waals surface area contributed by atoms with Crippen LogP contribution in [0.25, 0.3) is 11.1 Å². The first kappa shape index (κ1) is 21.4. The van der Waals surface area contributed by atoms with Gasteiger partial charge in [-0.05, 0) is 43.3 Å². The summed E-state index contributed by atoms with van der Waals surface area (Å²) < 4.78 is 22.1. The van der Waals surface area contributed by atoms with E-state index in [0.29, 0.717) is 37.8 Å². The van der Waals surface area contributed by atoms with Gasteiger partial charge in [-0.3, -0.25) is 4.79 Å². The molecule has 0 bridgehead atoms. The fourth-order valence-electron chi connectivity index (χ4n) is 3.04. The van der Waals surface area contributed by atoms with Crippen molar-refractivity contribution in [2.75, 3.05) is 26.4 Å². The number of nitrogens with zero attached hydrogens (tertiary/aromatic N) is 2. The lowest BCUT2D eigenvalue weighted by atomic mass is 10.0. The zero-order valence-corrected chi connectivity index (χ0v) is 17.7. The van der Waals surface area contributed by atoms with Gasteiger partial charge in [0.1, 0.15) is 35.8 Å². The first-order valence-corrected chi connectivity index (χ1v) is 10.3. The second-order valence-electron chi connectivity index (χ2n) is 7.34. The number of hydrogen-bond acceptors (Lipinski definition) is 7. The Morgan fingerprint density at radius 2 is 1.84 bits per heavy atom. The van der Waals surface area contributed by atoms with Crippen molar-refractivity contribution in [1.29, 1.82) is 5.26 Å². The molecular weight excluding hydrogens is 410 g/mol. The zero-order valence-electron chi connectivity index (χ0n) is 17.7. The Morgan fingerprint density at radius 3 is 2.50 bits per heavy atom. The maximum absolute atomic E-state index is 11.7. The Bertz CT molecular complexity index is 1150. The van der Waals surface area contributed by atoms with E-state index in [1.54, 1.807) is 25.3 Å². The van der Waals surface area contributed by atoms with E-state index in [0.717, 1.165) is 29.2 Å². The van der Waals surface area contributed by atoms with Crippen LogP contribution in [0, 0.1) is 18.3 Å². The van der Waals surface area contributed by atoms with E-state index in [-0.39, 0.29) is 11.7 Å². The van der Waals surface area contributed by atoms with Crippen LogP contribution in [-0.2, 0) is 4.74 Å². The number of epoxide rings is 1. The number of nitrogens with one attached hydrogen (secondary N) is 1. The Hall–Kier alpha value is -3.83. The molecule has 1 unspecified atom stereocenters. The highest BCUT2D eigenvalue weighted by Gasteiger charge is 2.22. The fraction of sp³-hybridized carbons (Fsp3) is 0.292. The zero-order chi connectivity index (χ0) is 22.3. The summed E-state index contributed by atoms with van der Waals surface area (Å²) in [7, 11) is 0. The van der Waals surface area contributed by atoms with Crippen molar-refractivity contribution in [3.63, 3.8) is 0 Å². The normalized spacial score (nSPS) is 14.4. The van der Waals surface area contributed by atoms with Gasteiger partial charge < -0.3 is 23.9 Å². The molecule has 0 spiro atoms.